The van der Waals surface area contributed by atoms with Crippen molar-refractivity contribution in [3.05, 3.63) is 71.8 Å². The summed E-state index contributed by atoms with van der Waals surface area (Å²) in [7, 11) is 0. The van der Waals surface area contributed by atoms with Gasteiger partial charge in [-0.2, -0.15) is 0 Å². The van der Waals surface area contributed by atoms with Gasteiger partial charge >= 0.3 is 0 Å². The highest BCUT2D eigenvalue weighted by molar-refractivity contribution is 5.91. The monoisotopic (exact) mass is 385 g/mol. The Kier molecular flexibility index (Phi) is 7.28. The van der Waals surface area contributed by atoms with Gasteiger partial charge in [0.15, 0.2) is 0 Å². The first kappa shape index (κ1) is 20.2. The minimum Gasteiger partial charge on any atom is -0.321 e. The SMILES string of the molecule is O=C(CCN1CCN(C/C=C/c2ccccc2)CC1)Nc1c(F)cccc1F. The summed E-state index contributed by atoms with van der Waals surface area (Å²) < 4.78 is 27.2. The molecule has 1 saturated heterocycles. The van der Waals surface area contributed by atoms with Crippen LogP contribution in [0.4, 0.5) is 14.5 Å². The van der Waals surface area contributed by atoms with Crippen LogP contribution in [0, 0.1) is 11.6 Å². The molecule has 0 aliphatic carbocycles. The van der Waals surface area contributed by atoms with Crippen LogP contribution >= 0.6 is 0 Å². The predicted octanol–water partition coefficient (Wildman–Crippen LogP) is 3.62. The largest absolute Gasteiger partial charge is 0.321 e. The number of nitrogens with one attached hydrogen (secondary N) is 1. The molecule has 0 aromatic heterocycles. The van der Waals surface area contributed by atoms with Gasteiger partial charge in [0.25, 0.3) is 0 Å². The highest BCUT2D eigenvalue weighted by atomic mass is 19.1. The van der Waals surface area contributed by atoms with Crippen LogP contribution in [0.1, 0.15) is 12.0 Å². The molecule has 1 N–H and O–H groups in total. The quantitative estimate of drug-likeness (QED) is 0.791. The molecule has 2 aromatic rings. The van der Waals surface area contributed by atoms with Crippen molar-refractivity contribution in [3.8, 4) is 0 Å². The van der Waals surface area contributed by atoms with E-state index in [4.69, 9.17) is 0 Å². The van der Waals surface area contributed by atoms with Crippen molar-refractivity contribution in [2.75, 3.05) is 44.6 Å². The number of hydrogen-bond donors (Lipinski definition) is 1. The van der Waals surface area contributed by atoms with Crippen LogP contribution in [0.15, 0.2) is 54.6 Å². The third-order valence-corrected chi connectivity index (χ3v) is 4.82. The minimum absolute atomic E-state index is 0.210. The van der Waals surface area contributed by atoms with Crippen LogP contribution in [-0.2, 0) is 4.79 Å². The van der Waals surface area contributed by atoms with Crippen LogP contribution < -0.4 is 5.32 Å². The van der Waals surface area contributed by atoms with Crippen LogP contribution in [0.2, 0.25) is 0 Å². The summed E-state index contributed by atoms with van der Waals surface area (Å²) in [4.78, 5) is 16.6. The van der Waals surface area contributed by atoms with Gasteiger partial charge in [-0.15, -0.1) is 0 Å². The van der Waals surface area contributed by atoms with E-state index in [0.29, 0.717) is 6.54 Å². The van der Waals surface area contributed by atoms with E-state index in [1.807, 2.05) is 18.2 Å². The first-order valence-corrected chi connectivity index (χ1v) is 9.52. The van der Waals surface area contributed by atoms with E-state index >= 15 is 0 Å². The Morgan fingerprint density at radius 3 is 2.25 bits per heavy atom. The average Bonchev–Trinajstić information content (AvgIpc) is 2.71. The topological polar surface area (TPSA) is 35.6 Å². The maximum absolute atomic E-state index is 13.6. The molecule has 0 saturated carbocycles. The maximum Gasteiger partial charge on any atom is 0.225 e. The van der Waals surface area contributed by atoms with Crippen molar-refractivity contribution in [1.82, 2.24) is 9.80 Å². The number of nitrogens with zero attached hydrogens (tertiary/aromatic N) is 2. The molecule has 1 amide bonds. The van der Waals surface area contributed by atoms with Gasteiger partial charge in [0.1, 0.15) is 17.3 Å². The number of para-hydroxylation sites is 1. The fraction of sp³-hybridized carbons (Fsp3) is 0.318. The van der Waals surface area contributed by atoms with E-state index in [-0.39, 0.29) is 18.0 Å². The first-order chi connectivity index (χ1) is 13.6. The Balaban J connectivity index is 1.36. The Morgan fingerprint density at radius 1 is 0.929 bits per heavy atom. The fourth-order valence-electron chi connectivity index (χ4n) is 3.18. The van der Waals surface area contributed by atoms with E-state index < -0.39 is 11.6 Å². The van der Waals surface area contributed by atoms with Gasteiger partial charge in [-0.05, 0) is 17.7 Å². The van der Waals surface area contributed by atoms with Crippen molar-refractivity contribution >= 4 is 17.7 Å². The molecule has 2 aromatic carbocycles. The Bertz CT molecular complexity index is 782. The number of benzene rings is 2. The summed E-state index contributed by atoms with van der Waals surface area (Å²) in [5.41, 5.74) is 0.820. The van der Waals surface area contributed by atoms with Crippen LogP contribution in [0.5, 0.6) is 0 Å². The molecule has 0 radical (unpaired) electrons. The third kappa shape index (κ3) is 5.97. The second kappa shape index (κ2) is 10.1. The number of rotatable bonds is 7. The van der Waals surface area contributed by atoms with Gasteiger partial charge in [-0.1, -0.05) is 48.6 Å². The molecule has 0 atom stereocenters. The summed E-state index contributed by atoms with van der Waals surface area (Å²) in [6.07, 6.45) is 4.50. The fourth-order valence-corrected chi connectivity index (χ4v) is 3.18. The molecular formula is C22H25F2N3O. The number of carbonyl (C=O) groups is 1. The molecule has 3 rings (SSSR count). The standard InChI is InChI=1S/C22H25F2N3O/c23-19-9-4-10-20(24)22(19)25-21(28)11-13-27-16-14-26(15-17-27)12-5-8-18-6-2-1-3-7-18/h1-10H,11-17H2,(H,25,28)/b8-5+. The molecule has 0 bridgehead atoms. The highest BCUT2D eigenvalue weighted by Gasteiger charge is 2.17. The van der Waals surface area contributed by atoms with Crippen LogP contribution in [0.3, 0.4) is 0 Å². The number of anilines is 1. The van der Waals surface area contributed by atoms with Crippen molar-refractivity contribution < 1.29 is 13.6 Å². The molecule has 1 fully saturated rings. The average molecular weight is 385 g/mol. The first-order valence-electron chi connectivity index (χ1n) is 9.52. The molecule has 1 heterocycles. The molecule has 0 spiro atoms. The third-order valence-electron chi connectivity index (χ3n) is 4.82. The lowest BCUT2D eigenvalue weighted by Gasteiger charge is -2.34. The number of hydrogen-bond acceptors (Lipinski definition) is 3. The van der Waals surface area contributed by atoms with Crippen LogP contribution in [0.25, 0.3) is 6.08 Å². The van der Waals surface area contributed by atoms with E-state index in [0.717, 1.165) is 44.9 Å². The molecule has 0 unspecified atom stereocenters. The highest BCUT2D eigenvalue weighted by Crippen LogP contribution is 2.18. The molecular weight excluding hydrogens is 360 g/mol. The van der Waals surface area contributed by atoms with E-state index in [2.05, 4.69) is 39.4 Å². The maximum atomic E-state index is 13.6. The molecule has 28 heavy (non-hydrogen) atoms. The molecule has 4 nitrogen and oxygen atoms in total. The van der Waals surface area contributed by atoms with Gasteiger partial charge in [0.05, 0.1) is 0 Å². The van der Waals surface area contributed by atoms with E-state index in [9.17, 15) is 13.6 Å². The van der Waals surface area contributed by atoms with Gasteiger partial charge in [-0.3, -0.25) is 9.69 Å². The summed E-state index contributed by atoms with van der Waals surface area (Å²) >= 11 is 0. The molecule has 148 valence electrons. The Morgan fingerprint density at radius 2 is 1.57 bits per heavy atom. The van der Waals surface area contributed by atoms with Gasteiger partial charge in [0, 0.05) is 45.7 Å². The lowest BCUT2D eigenvalue weighted by Crippen LogP contribution is -2.46. The molecule has 6 heteroatoms. The van der Waals surface area contributed by atoms with Crippen molar-refractivity contribution in [1.29, 1.82) is 0 Å². The van der Waals surface area contributed by atoms with Crippen molar-refractivity contribution in [2.45, 2.75) is 6.42 Å². The van der Waals surface area contributed by atoms with Gasteiger partial charge in [-0.25, -0.2) is 8.78 Å². The number of halogens is 2. The molecule has 1 aliphatic rings. The summed E-state index contributed by atoms with van der Waals surface area (Å²) in [6.45, 7) is 5.10. The van der Waals surface area contributed by atoms with Crippen molar-refractivity contribution in [2.24, 2.45) is 0 Å². The number of amides is 1. The number of piperazine rings is 1. The van der Waals surface area contributed by atoms with Gasteiger partial charge in [0.2, 0.25) is 5.91 Å². The summed E-state index contributed by atoms with van der Waals surface area (Å²) in [6, 6.07) is 13.7. The lowest BCUT2D eigenvalue weighted by molar-refractivity contribution is -0.116. The summed E-state index contributed by atoms with van der Waals surface area (Å²) in [5, 5.41) is 2.34. The minimum atomic E-state index is -0.759. The Labute approximate surface area is 164 Å². The second-order valence-corrected chi connectivity index (χ2v) is 6.85. The predicted molar refractivity (Wildman–Crippen MR) is 108 cm³/mol. The van der Waals surface area contributed by atoms with Gasteiger partial charge < -0.3 is 10.2 Å². The van der Waals surface area contributed by atoms with E-state index in [1.54, 1.807) is 0 Å². The smallest absolute Gasteiger partial charge is 0.225 e. The zero-order valence-electron chi connectivity index (χ0n) is 15.8. The Hall–Kier alpha value is -2.57. The normalized spacial score (nSPS) is 15.8. The lowest BCUT2D eigenvalue weighted by atomic mass is 10.2. The zero-order valence-corrected chi connectivity index (χ0v) is 15.8. The second-order valence-electron chi connectivity index (χ2n) is 6.85. The van der Waals surface area contributed by atoms with Crippen LogP contribution in [-0.4, -0.2) is 55.0 Å². The van der Waals surface area contributed by atoms with Crippen molar-refractivity contribution in [3.63, 3.8) is 0 Å². The summed E-state index contributed by atoms with van der Waals surface area (Å²) in [5.74, 6) is -1.90. The number of carbonyl (C=O) groups excluding carboxylic acids is 1. The zero-order chi connectivity index (χ0) is 19.8. The van der Waals surface area contributed by atoms with E-state index in [1.165, 1.54) is 11.6 Å². The molecule has 1 aliphatic heterocycles.